The molecule has 4 aliphatic rings. The number of allylic oxidation sites excluding steroid dienone is 4. The lowest BCUT2D eigenvalue weighted by molar-refractivity contribution is -0.219. The molecule has 9 heteroatoms. The number of alkyl halides is 3. The Balaban J connectivity index is 1.71. The lowest BCUT2D eigenvalue weighted by Gasteiger charge is -2.54. The molecule has 0 radical (unpaired) electrons. The second-order valence-electron chi connectivity index (χ2n) is 10.8. The molecule has 0 heterocycles. The van der Waals surface area contributed by atoms with Crippen LogP contribution in [0.3, 0.4) is 0 Å². The molecule has 0 spiro atoms. The highest BCUT2D eigenvalue weighted by molar-refractivity contribution is 7.90. The first-order valence-electron chi connectivity index (χ1n) is 12.0. The molecule has 188 valence electrons. The van der Waals surface area contributed by atoms with Crippen LogP contribution in [-0.4, -0.2) is 32.2 Å². The maximum absolute atomic E-state index is 14.5. The first-order chi connectivity index (χ1) is 16.3. The fraction of sp³-hybridized carbons (Fsp3) is 0.577. The van der Waals surface area contributed by atoms with Crippen molar-refractivity contribution in [3.05, 3.63) is 57.5 Å². The molecule has 35 heavy (non-hydrogen) atoms. The fourth-order valence-corrected chi connectivity index (χ4v) is 8.21. The first-order valence-corrected chi connectivity index (χ1v) is 13.9. The minimum atomic E-state index is -4.76. The van der Waals surface area contributed by atoms with Gasteiger partial charge in [0, 0.05) is 24.0 Å². The van der Waals surface area contributed by atoms with Gasteiger partial charge in [0.2, 0.25) is 5.54 Å². The lowest BCUT2D eigenvalue weighted by Crippen LogP contribution is -2.57. The number of carbonyl (C=O) groups is 1. The summed E-state index contributed by atoms with van der Waals surface area (Å²) in [5, 5.41) is 2.82. The zero-order valence-corrected chi connectivity index (χ0v) is 20.5. The van der Waals surface area contributed by atoms with Crippen LogP contribution in [0.1, 0.15) is 63.4 Å². The predicted molar refractivity (Wildman–Crippen MR) is 124 cm³/mol. The third kappa shape index (κ3) is 3.48. The number of carbonyl (C=O) groups excluding carboxylic acids is 1. The van der Waals surface area contributed by atoms with Crippen LogP contribution >= 0.6 is 0 Å². The highest BCUT2D eigenvalue weighted by atomic mass is 32.2. The van der Waals surface area contributed by atoms with Crippen LogP contribution in [-0.2, 0) is 14.6 Å². The second-order valence-corrected chi connectivity index (χ2v) is 12.8. The van der Waals surface area contributed by atoms with Crippen LogP contribution in [0.5, 0.6) is 0 Å². The fourth-order valence-electron chi connectivity index (χ4n) is 7.58. The van der Waals surface area contributed by atoms with Gasteiger partial charge in [0.15, 0.2) is 15.6 Å². The summed E-state index contributed by atoms with van der Waals surface area (Å²) in [4.78, 5) is 24.2. The quantitative estimate of drug-likeness (QED) is 0.466. The van der Waals surface area contributed by atoms with E-state index in [1.807, 2.05) is 0 Å². The van der Waals surface area contributed by atoms with Gasteiger partial charge < -0.3 is 0 Å². The molecule has 1 aromatic carbocycles. The SMILES string of the molecule is C[C@]12C[C@H](c3ccc(S(C)(=O)=O)cc3)C3=C4CCC(=O)C=C4CCC3C1CC[C@@]2(N=O)C(F)(F)F. The predicted octanol–water partition coefficient (Wildman–Crippen LogP) is 6.06. The average Bonchev–Trinajstić information content (AvgIpc) is 3.10. The maximum Gasteiger partial charge on any atom is 0.417 e. The molecule has 5 nitrogen and oxygen atoms in total. The van der Waals surface area contributed by atoms with Crippen LogP contribution < -0.4 is 0 Å². The molecule has 2 saturated carbocycles. The summed E-state index contributed by atoms with van der Waals surface area (Å²) in [5.41, 5.74) is -0.172. The summed E-state index contributed by atoms with van der Waals surface area (Å²) < 4.78 is 67.4. The maximum atomic E-state index is 14.5. The number of hydrogen-bond acceptors (Lipinski definition) is 5. The minimum Gasteiger partial charge on any atom is -0.295 e. The summed E-state index contributed by atoms with van der Waals surface area (Å²) in [6, 6.07) is 6.35. The van der Waals surface area contributed by atoms with Gasteiger partial charge in [-0.25, -0.2) is 8.42 Å². The van der Waals surface area contributed by atoms with Crippen molar-refractivity contribution in [3.8, 4) is 0 Å². The van der Waals surface area contributed by atoms with Crippen molar-refractivity contribution in [2.45, 2.75) is 74.4 Å². The highest BCUT2D eigenvalue weighted by Crippen LogP contribution is 2.70. The van der Waals surface area contributed by atoms with E-state index in [1.165, 1.54) is 12.1 Å². The van der Waals surface area contributed by atoms with Crippen molar-refractivity contribution in [1.29, 1.82) is 0 Å². The van der Waals surface area contributed by atoms with E-state index in [0.717, 1.165) is 28.5 Å². The molecule has 0 N–H and O–H groups in total. The van der Waals surface area contributed by atoms with Crippen molar-refractivity contribution < 1.29 is 26.4 Å². The van der Waals surface area contributed by atoms with Gasteiger partial charge in [-0.15, -0.1) is 4.91 Å². The summed E-state index contributed by atoms with van der Waals surface area (Å²) in [6.07, 6.45) is 0.287. The van der Waals surface area contributed by atoms with Gasteiger partial charge in [-0.1, -0.05) is 29.8 Å². The van der Waals surface area contributed by atoms with E-state index in [0.29, 0.717) is 25.7 Å². The van der Waals surface area contributed by atoms with E-state index >= 15 is 0 Å². The normalized spacial score (nSPS) is 35.2. The molecule has 0 saturated heterocycles. The summed E-state index contributed by atoms with van der Waals surface area (Å²) in [5.74, 6) is -0.822. The van der Waals surface area contributed by atoms with Crippen LogP contribution in [0.25, 0.3) is 0 Å². The van der Waals surface area contributed by atoms with E-state index in [1.54, 1.807) is 25.1 Å². The van der Waals surface area contributed by atoms with E-state index < -0.39 is 32.9 Å². The number of fused-ring (bicyclic) bond motifs is 4. The van der Waals surface area contributed by atoms with Crippen molar-refractivity contribution in [1.82, 2.24) is 0 Å². The van der Waals surface area contributed by atoms with Crippen molar-refractivity contribution in [3.63, 3.8) is 0 Å². The molecule has 4 aliphatic carbocycles. The molecule has 5 rings (SSSR count). The van der Waals surface area contributed by atoms with Crippen LogP contribution in [0.4, 0.5) is 13.2 Å². The third-order valence-corrected chi connectivity index (χ3v) is 10.4. The zero-order chi connectivity index (χ0) is 25.4. The Morgan fingerprint density at radius 2 is 1.74 bits per heavy atom. The Kier molecular flexibility index (Phi) is 5.48. The number of nitrogens with zero attached hydrogens (tertiary/aromatic N) is 1. The summed E-state index contributed by atoms with van der Waals surface area (Å²) in [7, 11) is -3.43. The van der Waals surface area contributed by atoms with Crippen LogP contribution in [0.15, 0.2) is 57.1 Å². The highest BCUT2D eigenvalue weighted by Gasteiger charge is 2.74. The van der Waals surface area contributed by atoms with Crippen LogP contribution in [0.2, 0.25) is 0 Å². The van der Waals surface area contributed by atoms with Crippen LogP contribution in [0, 0.1) is 22.2 Å². The zero-order valence-electron chi connectivity index (χ0n) is 19.7. The van der Waals surface area contributed by atoms with Gasteiger partial charge >= 0.3 is 6.18 Å². The number of hydrogen-bond donors (Lipinski definition) is 0. The summed E-state index contributed by atoms with van der Waals surface area (Å²) >= 11 is 0. The van der Waals surface area contributed by atoms with Gasteiger partial charge in [-0.05, 0) is 85.3 Å². The number of nitroso groups, excluding NO2 is 1. The van der Waals surface area contributed by atoms with E-state index in [2.05, 4.69) is 5.18 Å². The second kappa shape index (κ2) is 7.85. The molecule has 0 aromatic heterocycles. The van der Waals surface area contributed by atoms with Crippen molar-refractivity contribution in [2.24, 2.45) is 22.4 Å². The Labute approximate surface area is 202 Å². The number of halogens is 3. The van der Waals surface area contributed by atoms with E-state index in [-0.39, 0.29) is 41.8 Å². The molecule has 0 aliphatic heterocycles. The first kappa shape index (κ1) is 24.4. The lowest BCUT2D eigenvalue weighted by atomic mass is 9.50. The van der Waals surface area contributed by atoms with Gasteiger partial charge in [0.1, 0.15) is 0 Å². The number of rotatable bonds is 3. The Morgan fingerprint density at radius 1 is 1.06 bits per heavy atom. The number of benzene rings is 1. The molecule has 2 fully saturated rings. The Hall–Kier alpha value is -2.29. The largest absolute Gasteiger partial charge is 0.417 e. The van der Waals surface area contributed by atoms with Crippen molar-refractivity contribution in [2.75, 3.05) is 6.26 Å². The summed E-state index contributed by atoms with van der Waals surface area (Å²) in [6.45, 7) is 1.58. The van der Waals surface area contributed by atoms with Crippen molar-refractivity contribution >= 4 is 15.6 Å². The Morgan fingerprint density at radius 3 is 2.34 bits per heavy atom. The molecule has 2 unspecified atom stereocenters. The monoisotopic (exact) mass is 507 g/mol. The molecule has 0 amide bonds. The molecular formula is C26H28F3NO4S. The Bertz CT molecular complexity index is 1260. The van der Waals surface area contributed by atoms with E-state index in [9.17, 15) is 31.3 Å². The van der Waals surface area contributed by atoms with E-state index in [4.69, 9.17) is 0 Å². The molecule has 1 aromatic rings. The van der Waals surface area contributed by atoms with Gasteiger partial charge in [-0.3, -0.25) is 4.79 Å². The minimum absolute atomic E-state index is 0.0691. The number of ketones is 1. The molecule has 0 bridgehead atoms. The smallest absolute Gasteiger partial charge is 0.295 e. The average molecular weight is 508 g/mol. The molecular weight excluding hydrogens is 479 g/mol. The van der Waals surface area contributed by atoms with Gasteiger partial charge in [0.05, 0.1) is 4.90 Å². The number of sulfone groups is 1. The molecule has 5 atom stereocenters. The van der Waals surface area contributed by atoms with Gasteiger partial charge in [0.25, 0.3) is 0 Å². The topological polar surface area (TPSA) is 80.6 Å². The third-order valence-electron chi connectivity index (χ3n) is 9.22. The standard InChI is InChI=1S/C26H28F3NO4S/c1-24-14-21(15-3-7-18(8-4-15)35(2,33)34)23-19-10-6-17(31)13-16(19)5-9-20(23)22(24)11-12-25(24,30-32)26(27,28)29/h3-4,7-8,13,20-22H,5-6,9-12,14H2,1-2H3/t20?,21-,22?,24+,25+/m1/s1. The van der Waals surface area contributed by atoms with Gasteiger partial charge in [-0.2, -0.15) is 13.2 Å².